The van der Waals surface area contributed by atoms with Gasteiger partial charge in [0.1, 0.15) is 66.2 Å². The lowest BCUT2D eigenvalue weighted by Crippen LogP contribution is -2.64. The molecule has 1 heterocycles. The summed E-state index contributed by atoms with van der Waals surface area (Å²) in [6, 6.07) is -3.72. The van der Waals surface area contributed by atoms with Gasteiger partial charge >= 0.3 is 5.97 Å². The molecule has 10 amide bonds. The Morgan fingerprint density at radius 2 is 1.13 bits per heavy atom. The van der Waals surface area contributed by atoms with Crippen molar-refractivity contribution in [3.8, 4) is 0 Å². The average molecular weight is 1170 g/mol. The molecule has 0 spiro atoms. The number of aliphatic hydroxyl groups excluding tert-OH is 1. The Hall–Kier alpha value is -6.91. The normalized spacial score (nSPS) is 22.9. The number of nitrogens with one attached hydrogen (secondary N) is 10. The fraction of sp³-hybridized carbons (Fsp3) is 0.683. The number of benzene rings is 1. The Morgan fingerprint density at radius 1 is 0.614 bits per heavy atom. The summed E-state index contributed by atoms with van der Waals surface area (Å²) in [5.74, 6) is -12.2. The maximum Gasteiger partial charge on any atom is 0.329 e. The summed E-state index contributed by atoms with van der Waals surface area (Å²) in [5, 5.41) is 37.5. The summed E-state index contributed by atoms with van der Waals surface area (Å²) < 4.78 is 5.91. The van der Waals surface area contributed by atoms with E-state index in [0.717, 1.165) is 6.42 Å². The first-order valence-electron chi connectivity index (χ1n) is 29.4. The van der Waals surface area contributed by atoms with Gasteiger partial charge in [0.25, 0.3) is 5.91 Å². The topological polar surface area (TPSA) is 338 Å². The van der Waals surface area contributed by atoms with E-state index in [4.69, 9.17) is 4.74 Å². The van der Waals surface area contributed by atoms with Crippen LogP contribution in [-0.4, -0.2) is 137 Å². The van der Waals surface area contributed by atoms with Crippen LogP contribution in [0.3, 0.4) is 0 Å². The number of carbonyl (C=O) groups is 11. The molecular formula is C60H98N10O13. The molecule has 0 aliphatic carbocycles. The summed E-state index contributed by atoms with van der Waals surface area (Å²) >= 11 is 0. The second-order valence-electron chi connectivity index (χ2n) is 23.8. The molecule has 0 saturated carbocycles. The second-order valence-corrected chi connectivity index (χ2v) is 23.8. The van der Waals surface area contributed by atoms with Gasteiger partial charge in [-0.2, -0.15) is 0 Å². The zero-order valence-electron chi connectivity index (χ0n) is 51.9. The van der Waals surface area contributed by atoms with Gasteiger partial charge in [0.15, 0.2) is 0 Å². The number of amides is 10. The standard InChI is InChI=1S/C60H98N10O13/c1-18-35(14)47-56(78)64-44(32(8)9)53(75)62-41(29-39-26-22-21-23-27-39)52(74)61-40(20-3)51(73)66-46(34(12)13)60(82)83-38(17)50(59(81)68-47)70-57(79)48(36(15)19-2)67-55(77)45(33(10)11)65-58(80)49(37(16)71)69-54(76)43(31(6)7)63-42(72)28-24-25-30(4)5/h20-23,26-27,30-38,41,43-50,71H,18-19,24-25,28-29H2,1-17H3,(H,61,74)(H,62,75)(H,63,72)(H,64,78)(H,65,80)(H,66,73)(H,67,77)(H,68,81)(H,69,76)(H,70,79)/b40-20-/t35-,36-,37+,38+,41-,43+,44+,45-,46-,47+,48+,49-,50+/m0/s1. The van der Waals surface area contributed by atoms with Gasteiger partial charge in [-0.15, -0.1) is 0 Å². The number of cyclic esters (lactones) is 1. The first-order valence-corrected chi connectivity index (χ1v) is 29.4. The molecule has 466 valence electrons. The summed E-state index contributed by atoms with van der Waals surface area (Å²) in [6.07, 6.45) is 0.501. The highest BCUT2D eigenvalue weighted by Crippen LogP contribution is 2.18. The van der Waals surface area contributed by atoms with Crippen molar-refractivity contribution in [1.82, 2.24) is 53.2 Å². The van der Waals surface area contributed by atoms with Crippen LogP contribution in [0.25, 0.3) is 0 Å². The molecule has 1 aromatic rings. The van der Waals surface area contributed by atoms with Crippen LogP contribution in [0.15, 0.2) is 42.1 Å². The minimum Gasteiger partial charge on any atom is -0.458 e. The van der Waals surface area contributed by atoms with E-state index in [1.807, 2.05) is 13.8 Å². The second kappa shape index (κ2) is 34.6. The van der Waals surface area contributed by atoms with Crippen molar-refractivity contribution in [2.75, 3.05) is 0 Å². The van der Waals surface area contributed by atoms with E-state index in [2.05, 4.69) is 53.2 Å². The van der Waals surface area contributed by atoms with E-state index in [1.54, 1.807) is 113 Å². The predicted octanol–water partition coefficient (Wildman–Crippen LogP) is 2.48. The number of ether oxygens (including phenoxy) is 1. The molecule has 0 aromatic heterocycles. The maximum atomic E-state index is 14.9. The van der Waals surface area contributed by atoms with E-state index >= 15 is 0 Å². The number of allylic oxidation sites excluding steroid dienone is 1. The first-order chi connectivity index (χ1) is 38.8. The Labute approximate surface area is 491 Å². The van der Waals surface area contributed by atoms with Crippen molar-refractivity contribution in [3.05, 3.63) is 47.7 Å². The molecule has 1 aliphatic heterocycles. The largest absolute Gasteiger partial charge is 0.458 e. The number of hydrogen-bond acceptors (Lipinski definition) is 13. The molecular weight excluding hydrogens is 1070 g/mol. The van der Waals surface area contributed by atoms with Gasteiger partial charge in [-0.25, -0.2) is 4.79 Å². The third kappa shape index (κ3) is 22.6. The minimum absolute atomic E-state index is 0.0170. The van der Waals surface area contributed by atoms with E-state index in [0.29, 0.717) is 24.3 Å². The highest BCUT2D eigenvalue weighted by atomic mass is 16.5. The average Bonchev–Trinajstić information content (AvgIpc) is 3.50. The SMILES string of the molecule is C/C=C1\NC(=O)[C@H](Cc2ccccc2)NC(=O)[C@@H](C(C)C)NC(=O)[C@@H]([C@@H](C)CC)NC(=O)[C@H](NC(=O)[C@H](NC(=O)[C@@H](NC(=O)[C@@H](NC(=O)[C@H](NC(=O)CCCC(C)C)C(C)C)[C@@H](C)O)C(C)C)[C@@H](C)CC)[C@@H](C)OC(=O)[C@H](C(C)C)NC1=O. The molecule has 1 aliphatic rings. The zero-order valence-corrected chi connectivity index (χ0v) is 51.9. The molecule has 0 radical (unpaired) electrons. The summed E-state index contributed by atoms with van der Waals surface area (Å²) in [6.45, 7) is 28.3. The smallest absolute Gasteiger partial charge is 0.329 e. The van der Waals surface area contributed by atoms with E-state index in [1.165, 1.54) is 26.8 Å². The fourth-order valence-electron chi connectivity index (χ4n) is 9.03. The Kier molecular flexibility index (Phi) is 30.1. The Balaban J connectivity index is 2.67. The summed E-state index contributed by atoms with van der Waals surface area (Å²) in [7, 11) is 0. The molecule has 2 rings (SSSR count). The highest BCUT2D eigenvalue weighted by molar-refractivity contribution is 6.02. The van der Waals surface area contributed by atoms with Crippen LogP contribution in [0.5, 0.6) is 0 Å². The number of rotatable bonds is 24. The number of aliphatic hydroxyl groups is 1. The van der Waals surface area contributed by atoms with Gasteiger partial charge in [0.2, 0.25) is 53.2 Å². The lowest BCUT2D eigenvalue weighted by atomic mass is 9.94. The fourth-order valence-corrected chi connectivity index (χ4v) is 9.03. The van der Waals surface area contributed by atoms with Crippen molar-refractivity contribution in [2.45, 2.75) is 223 Å². The first kappa shape index (κ1) is 72.2. The highest BCUT2D eigenvalue weighted by Gasteiger charge is 2.42. The van der Waals surface area contributed by atoms with E-state index < -0.39 is 161 Å². The molecule has 1 fully saturated rings. The lowest BCUT2D eigenvalue weighted by molar-refractivity contribution is -0.157. The molecule has 1 aromatic carbocycles. The molecule has 23 heteroatoms. The van der Waals surface area contributed by atoms with Crippen LogP contribution in [-0.2, 0) is 63.9 Å². The van der Waals surface area contributed by atoms with Crippen molar-refractivity contribution in [3.63, 3.8) is 0 Å². The van der Waals surface area contributed by atoms with Crippen LogP contribution in [0.4, 0.5) is 0 Å². The molecule has 0 unspecified atom stereocenters. The van der Waals surface area contributed by atoms with Crippen LogP contribution in [0.2, 0.25) is 0 Å². The van der Waals surface area contributed by atoms with Crippen LogP contribution in [0, 0.1) is 41.4 Å². The number of esters is 1. The molecule has 1 saturated heterocycles. The van der Waals surface area contributed by atoms with Crippen molar-refractivity contribution >= 4 is 65.0 Å². The van der Waals surface area contributed by atoms with Gasteiger partial charge < -0.3 is 63.0 Å². The molecule has 23 nitrogen and oxygen atoms in total. The number of hydrogen-bond donors (Lipinski definition) is 11. The van der Waals surface area contributed by atoms with E-state index in [-0.39, 0.29) is 30.9 Å². The molecule has 83 heavy (non-hydrogen) atoms. The Morgan fingerprint density at radius 3 is 1.64 bits per heavy atom. The molecule has 11 N–H and O–H groups in total. The number of carbonyl (C=O) groups excluding carboxylic acids is 11. The summed E-state index contributed by atoms with van der Waals surface area (Å²) in [4.78, 5) is 156. The molecule has 13 atom stereocenters. The minimum atomic E-state index is -1.79. The molecule has 0 bridgehead atoms. The summed E-state index contributed by atoms with van der Waals surface area (Å²) in [5.41, 5.74) is 0.401. The van der Waals surface area contributed by atoms with Crippen molar-refractivity contribution in [2.24, 2.45) is 41.4 Å². The van der Waals surface area contributed by atoms with Crippen LogP contribution >= 0.6 is 0 Å². The predicted molar refractivity (Wildman–Crippen MR) is 314 cm³/mol. The van der Waals surface area contributed by atoms with Crippen molar-refractivity contribution < 1.29 is 62.6 Å². The quantitative estimate of drug-likeness (QED) is 0.0524. The van der Waals surface area contributed by atoms with Crippen LogP contribution in [0.1, 0.15) is 155 Å². The maximum absolute atomic E-state index is 14.9. The van der Waals surface area contributed by atoms with Gasteiger partial charge in [0.05, 0.1) is 6.10 Å². The van der Waals surface area contributed by atoms with E-state index in [9.17, 15) is 57.8 Å². The monoisotopic (exact) mass is 1170 g/mol. The lowest BCUT2D eigenvalue weighted by Gasteiger charge is -2.33. The van der Waals surface area contributed by atoms with Crippen molar-refractivity contribution in [1.29, 1.82) is 0 Å². The van der Waals surface area contributed by atoms with Crippen LogP contribution < -0.4 is 53.2 Å². The third-order valence-corrected chi connectivity index (χ3v) is 14.9. The van der Waals surface area contributed by atoms with Gasteiger partial charge in [0, 0.05) is 12.8 Å². The zero-order chi connectivity index (χ0) is 63.2. The third-order valence-electron chi connectivity index (χ3n) is 14.9. The van der Waals surface area contributed by atoms with Gasteiger partial charge in [-0.05, 0) is 74.2 Å². The Bertz CT molecular complexity index is 2410. The van der Waals surface area contributed by atoms with Gasteiger partial charge in [-0.1, -0.05) is 153 Å². The van der Waals surface area contributed by atoms with Gasteiger partial charge in [-0.3, -0.25) is 47.9 Å².